The molecule has 2 aromatic carbocycles. The van der Waals surface area contributed by atoms with Crippen molar-refractivity contribution < 1.29 is 14.3 Å². The zero-order valence-corrected chi connectivity index (χ0v) is 21.9. The average Bonchev–Trinajstić information content (AvgIpc) is 3.24. The maximum atomic E-state index is 13.3. The Morgan fingerprint density at radius 3 is 2.27 bits per heavy atom. The van der Waals surface area contributed by atoms with E-state index in [1.54, 1.807) is 6.08 Å². The van der Waals surface area contributed by atoms with Crippen LogP contribution in [0.3, 0.4) is 0 Å². The van der Waals surface area contributed by atoms with Crippen LogP contribution in [-0.4, -0.2) is 24.1 Å². The van der Waals surface area contributed by atoms with Gasteiger partial charge in [-0.15, -0.1) is 0 Å². The third kappa shape index (κ3) is 4.17. The van der Waals surface area contributed by atoms with Gasteiger partial charge < -0.3 is 15.4 Å². The number of alkyl carbamates (subject to hydrolysis) is 1. The second kappa shape index (κ2) is 9.34. The van der Waals surface area contributed by atoms with Crippen molar-refractivity contribution in [3.63, 3.8) is 0 Å². The third-order valence-electron chi connectivity index (χ3n) is 10.4. The minimum atomic E-state index is -0.333. The quantitative estimate of drug-likeness (QED) is 0.530. The van der Waals surface area contributed by atoms with Gasteiger partial charge in [0.05, 0.1) is 6.04 Å². The SMILES string of the molecule is C[C@]12C=CC(=O)N[C@@H]1CC[C@@H]1[C@@H]2CC[C@]2(C)[C@@H](OC(=O)NC(c3ccccc3)c3ccccc3)CC[C@@H]12. The van der Waals surface area contributed by atoms with Crippen LogP contribution < -0.4 is 10.6 Å². The van der Waals surface area contributed by atoms with Crippen molar-refractivity contribution in [2.24, 2.45) is 28.6 Å². The Balaban J connectivity index is 1.18. The fourth-order valence-electron chi connectivity index (χ4n) is 8.41. The number of hydrogen-bond acceptors (Lipinski definition) is 3. The molecule has 0 saturated heterocycles. The molecule has 3 saturated carbocycles. The summed E-state index contributed by atoms with van der Waals surface area (Å²) in [6.07, 6.45) is 9.90. The highest BCUT2D eigenvalue weighted by Crippen LogP contribution is 2.63. The molecule has 0 spiro atoms. The minimum absolute atomic E-state index is 0.00166. The number of ether oxygens (including phenoxy) is 1. The van der Waals surface area contributed by atoms with E-state index < -0.39 is 0 Å². The first-order valence-corrected chi connectivity index (χ1v) is 14.0. The number of nitrogens with one attached hydrogen (secondary N) is 2. The largest absolute Gasteiger partial charge is 0.446 e. The molecule has 1 heterocycles. The van der Waals surface area contributed by atoms with E-state index in [1.807, 2.05) is 60.7 Å². The van der Waals surface area contributed by atoms with Gasteiger partial charge in [-0.1, -0.05) is 80.6 Å². The average molecular weight is 499 g/mol. The Bertz CT molecular complexity index is 1140. The van der Waals surface area contributed by atoms with Crippen molar-refractivity contribution in [1.82, 2.24) is 10.6 Å². The summed E-state index contributed by atoms with van der Waals surface area (Å²) in [7, 11) is 0. The Kier molecular flexibility index (Phi) is 6.13. The van der Waals surface area contributed by atoms with E-state index in [1.165, 1.54) is 0 Å². The maximum absolute atomic E-state index is 13.3. The standard InChI is InChI=1S/C32H38N2O3/c1-31-20-18-28(35)33-26(31)15-13-23-24-14-16-27(32(24,2)19-17-25(23)31)37-30(36)34-29(21-9-5-3-6-10-21)22-11-7-4-8-12-22/h3-12,18,20,23-27,29H,13-17,19H2,1-2H3,(H,33,35)(H,34,36)/t23-,24-,25-,26+,27-,31+,32-/m0/s1. The summed E-state index contributed by atoms with van der Waals surface area (Å²) < 4.78 is 6.26. The molecule has 194 valence electrons. The summed E-state index contributed by atoms with van der Waals surface area (Å²) in [6, 6.07) is 20.2. The van der Waals surface area contributed by atoms with Gasteiger partial charge in [0, 0.05) is 16.9 Å². The van der Waals surface area contributed by atoms with Crippen molar-refractivity contribution in [3.05, 3.63) is 83.9 Å². The van der Waals surface area contributed by atoms with Crippen molar-refractivity contribution in [1.29, 1.82) is 0 Å². The lowest BCUT2D eigenvalue weighted by molar-refractivity contribution is -0.123. The lowest BCUT2D eigenvalue weighted by Crippen LogP contribution is -2.59. The van der Waals surface area contributed by atoms with E-state index in [0.29, 0.717) is 17.8 Å². The summed E-state index contributed by atoms with van der Waals surface area (Å²) in [5.41, 5.74) is 2.10. The van der Waals surface area contributed by atoms with Gasteiger partial charge in [0.15, 0.2) is 0 Å². The second-order valence-electron chi connectivity index (χ2n) is 12.1. The van der Waals surface area contributed by atoms with Crippen LogP contribution in [0, 0.1) is 28.6 Å². The number of rotatable bonds is 4. The molecule has 4 aliphatic rings. The van der Waals surface area contributed by atoms with E-state index in [2.05, 4.69) is 30.6 Å². The molecule has 6 rings (SSSR count). The lowest BCUT2D eigenvalue weighted by atomic mass is 9.48. The predicted molar refractivity (Wildman–Crippen MR) is 144 cm³/mol. The lowest BCUT2D eigenvalue weighted by Gasteiger charge is -2.58. The molecule has 2 N–H and O–H groups in total. The molecule has 37 heavy (non-hydrogen) atoms. The molecule has 5 nitrogen and oxygen atoms in total. The molecule has 0 bridgehead atoms. The summed E-state index contributed by atoms with van der Waals surface area (Å²) in [5, 5.41) is 6.42. The Morgan fingerprint density at radius 1 is 0.919 bits per heavy atom. The summed E-state index contributed by atoms with van der Waals surface area (Å²) in [4.78, 5) is 25.3. The zero-order valence-electron chi connectivity index (χ0n) is 21.9. The number of benzene rings is 2. The number of fused-ring (bicyclic) bond motifs is 5. The van der Waals surface area contributed by atoms with Crippen molar-refractivity contribution in [2.45, 2.75) is 70.6 Å². The monoisotopic (exact) mass is 498 g/mol. The van der Waals surface area contributed by atoms with Crippen LogP contribution in [0.25, 0.3) is 0 Å². The van der Waals surface area contributed by atoms with Gasteiger partial charge in [-0.25, -0.2) is 4.79 Å². The Hall–Kier alpha value is -3.08. The number of carbonyl (C=O) groups excluding carboxylic acids is 2. The van der Waals surface area contributed by atoms with Gasteiger partial charge in [-0.2, -0.15) is 0 Å². The van der Waals surface area contributed by atoms with Crippen LogP contribution >= 0.6 is 0 Å². The van der Waals surface area contributed by atoms with Crippen LogP contribution in [-0.2, 0) is 9.53 Å². The second-order valence-corrected chi connectivity index (χ2v) is 12.1. The Morgan fingerprint density at radius 2 is 1.59 bits per heavy atom. The normalized spacial score (nSPS) is 36.2. The van der Waals surface area contributed by atoms with Crippen molar-refractivity contribution >= 4 is 12.0 Å². The highest BCUT2D eigenvalue weighted by Gasteiger charge is 2.60. The maximum Gasteiger partial charge on any atom is 0.408 e. The molecular weight excluding hydrogens is 460 g/mol. The molecule has 1 aliphatic heterocycles. The molecule has 7 atom stereocenters. The topological polar surface area (TPSA) is 67.4 Å². The van der Waals surface area contributed by atoms with Gasteiger partial charge in [0.25, 0.3) is 0 Å². The number of hydrogen-bond donors (Lipinski definition) is 2. The molecule has 0 radical (unpaired) electrons. The van der Waals surface area contributed by atoms with E-state index in [4.69, 9.17) is 4.74 Å². The molecule has 5 heteroatoms. The highest BCUT2D eigenvalue weighted by molar-refractivity contribution is 5.89. The van der Waals surface area contributed by atoms with Gasteiger partial charge in [-0.3, -0.25) is 4.79 Å². The predicted octanol–water partition coefficient (Wildman–Crippen LogP) is 6.17. The van der Waals surface area contributed by atoms with Crippen molar-refractivity contribution in [3.8, 4) is 0 Å². The highest BCUT2D eigenvalue weighted by atomic mass is 16.6. The molecular formula is C32H38N2O3. The fourth-order valence-corrected chi connectivity index (χ4v) is 8.41. The van der Waals surface area contributed by atoms with Gasteiger partial charge in [-0.05, 0) is 73.5 Å². The first kappa shape index (κ1) is 24.3. The van der Waals surface area contributed by atoms with Crippen molar-refractivity contribution in [2.75, 3.05) is 0 Å². The summed E-state index contributed by atoms with van der Waals surface area (Å²) in [5.74, 6) is 1.77. The molecule has 2 amide bonds. The molecule has 2 aromatic rings. The first-order valence-electron chi connectivity index (χ1n) is 14.0. The molecule has 0 unspecified atom stereocenters. The smallest absolute Gasteiger partial charge is 0.408 e. The van der Waals surface area contributed by atoms with Crippen LogP contribution in [0.4, 0.5) is 4.79 Å². The fraction of sp³-hybridized carbons (Fsp3) is 0.500. The third-order valence-corrected chi connectivity index (χ3v) is 10.4. The number of carbonyl (C=O) groups is 2. The Labute approximate surface area is 220 Å². The van der Waals surface area contributed by atoms with Gasteiger partial charge >= 0.3 is 6.09 Å². The minimum Gasteiger partial charge on any atom is -0.446 e. The van der Waals surface area contributed by atoms with Gasteiger partial charge in [0.2, 0.25) is 5.91 Å². The summed E-state index contributed by atoms with van der Waals surface area (Å²) >= 11 is 0. The number of amides is 2. The summed E-state index contributed by atoms with van der Waals surface area (Å²) in [6.45, 7) is 4.70. The van der Waals surface area contributed by atoms with E-state index in [9.17, 15) is 9.59 Å². The van der Waals surface area contributed by atoms with Gasteiger partial charge in [0.1, 0.15) is 6.10 Å². The van der Waals surface area contributed by atoms with Crippen LogP contribution in [0.2, 0.25) is 0 Å². The van der Waals surface area contributed by atoms with Crippen LogP contribution in [0.15, 0.2) is 72.8 Å². The first-order chi connectivity index (χ1) is 17.9. The van der Waals surface area contributed by atoms with Crippen LogP contribution in [0.1, 0.15) is 69.5 Å². The molecule has 3 aliphatic carbocycles. The van der Waals surface area contributed by atoms with Crippen LogP contribution in [0.5, 0.6) is 0 Å². The molecule has 3 fully saturated rings. The zero-order chi connectivity index (χ0) is 25.6. The van der Waals surface area contributed by atoms with E-state index >= 15 is 0 Å². The van der Waals surface area contributed by atoms with E-state index in [-0.39, 0.29) is 41.0 Å². The molecule has 0 aromatic heterocycles. The van der Waals surface area contributed by atoms with E-state index in [0.717, 1.165) is 49.7 Å².